The molecular formula is C22H19N3O3. The predicted octanol–water partition coefficient (Wildman–Crippen LogP) is 3.90. The summed E-state index contributed by atoms with van der Waals surface area (Å²) in [5.41, 5.74) is 8.94. The predicted molar refractivity (Wildman–Crippen MR) is 109 cm³/mol. The molecule has 6 nitrogen and oxygen atoms in total. The number of aryl methyl sites for hydroxylation is 1. The Morgan fingerprint density at radius 2 is 1.57 bits per heavy atom. The number of benzene rings is 3. The summed E-state index contributed by atoms with van der Waals surface area (Å²) in [5, 5.41) is 19.8. The average Bonchev–Trinajstić information content (AvgIpc) is 2.68. The van der Waals surface area contributed by atoms with Gasteiger partial charge in [-0.2, -0.15) is 0 Å². The number of rotatable bonds is 5. The zero-order valence-electron chi connectivity index (χ0n) is 15.2. The minimum atomic E-state index is -1.05. The molecule has 0 saturated carbocycles. The molecule has 6 heteroatoms. The van der Waals surface area contributed by atoms with Gasteiger partial charge in [-0.3, -0.25) is 10.2 Å². The third-order valence-corrected chi connectivity index (χ3v) is 4.40. The molecule has 0 saturated heterocycles. The topological polar surface area (TPSA) is 116 Å². The third-order valence-electron chi connectivity index (χ3n) is 4.40. The molecule has 3 aromatic carbocycles. The maximum Gasteiger partial charge on any atom is 0.336 e. The van der Waals surface area contributed by atoms with Crippen molar-refractivity contribution in [1.29, 1.82) is 5.41 Å². The molecule has 5 N–H and O–H groups in total. The van der Waals surface area contributed by atoms with E-state index in [1.54, 1.807) is 54.6 Å². The van der Waals surface area contributed by atoms with E-state index < -0.39 is 5.97 Å². The van der Waals surface area contributed by atoms with Crippen LogP contribution in [0.25, 0.3) is 11.1 Å². The van der Waals surface area contributed by atoms with Crippen molar-refractivity contribution in [2.75, 3.05) is 5.32 Å². The standard InChI is InChI=1S/C22H19N3O3/c1-13-5-4-8-18(19(13)16-6-2-3-7-17(16)22(27)28)21(26)25-15-11-9-14(10-12-15)20(23)24/h2-12H,1H3,(H3,23,24)(H,25,26)(H,27,28). The molecule has 1 amide bonds. The van der Waals surface area contributed by atoms with Gasteiger partial charge in [-0.1, -0.05) is 30.3 Å². The Morgan fingerprint density at radius 1 is 0.929 bits per heavy atom. The molecular weight excluding hydrogens is 354 g/mol. The summed E-state index contributed by atoms with van der Waals surface area (Å²) < 4.78 is 0. The summed E-state index contributed by atoms with van der Waals surface area (Å²) >= 11 is 0. The van der Waals surface area contributed by atoms with Gasteiger partial charge in [0.25, 0.3) is 5.91 Å². The van der Waals surface area contributed by atoms with Gasteiger partial charge in [0.15, 0.2) is 0 Å². The number of aromatic carboxylic acids is 1. The van der Waals surface area contributed by atoms with E-state index in [1.165, 1.54) is 6.07 Å². The van der Waals surface area contributed by atoms with E-state index in [-0.39, 0.29) is 17.3 Å². The van der Waals surface area contributed by atoms with Crippen molar-refractivity contribution >= 4 is 23.4 Å². The molecule has 3 rings (SSSR count). The van der Waals surface area contributed by atoms with Gasteiger partial charge in [0.1, 0.15) is 5.84 Å². The number of carbonyl (C=O) groups excluding carboxylic acids is 1. The molecule has 0 atom stereocenters. The normalized spacial score (nSPS) is 10.3. The Bertz CT molecular complexity index is 1070. The van der Waals surface area contributed by atoms with E-state index in [4.69, 9.17) is 11.1 Å². The van der Waals surface area contributed by atoms with Crippen LogP contribution < -0.4 is 11.1 Å². The van der Waals surface area contributed by atoms with Crippen LogP contribution in [0, 0.1) is 12.3 Å². The number of hydrogen-bond acceptors (Lipinski definition) is 3. The second kappa shape index (κ2) is 7.75. The van der Waals surface area contributed by atoms with Crippen LogP contribution in [-0.2, 0) is 0 Å². The highest BCUT2D eigenvalue weighted by Gasteiger charge is 2.19. The molecule has 28 heavy (non-hydrogen) atoms. The highest BCUT2D eigenvalue weighted by atomic mass is 16.4. The van der Waals surface area contributed by atoms with Crippen molar-refractivity contribution in [3.8, 4) is 11.1 Å². The van der Waals surface area contributed by atoms with Crippen LogP contribution in [0.2, 0.25) is 0 Å². The maximum absolute atomic E-state index is 12.9. The van der Waals surface area contributed by atoms with Crippen LogP contribution in [-0.4, -0.2) is 22.8 Å². The minimum Gasteiger partial charge on any atom is -0.478 e. The van der Waals surface area contributed by atoms with E-state index >= 15 is 0 Å². The number of carboxylic acids is 1. The average molecular weight is 373 g/mol. The van der Waals surface area contributed by atoms with Crippen molar-refractivity contribution in [3.05, 3.63) is 89.0 Å². The van der Waals surface area contributed by atoms with Gasteiger partial charge >= 0.3 is 5.97 Å². The first-order valence-corrected chi connectivity index (χ1v) is 8.56. The second-order valence-corrected chi connectivity index (χ2v) is 6.29. The molecule has 0 heterocycles. The smallest absolute Gasteiger partial charge is 0.336 e. The Morgan fingerprint density at radius 3 is 2.21 bits per heavy atom. The summed E-state index contributed by atoms with van der Waals surface area (Å²) in [6.07, 6.45) is 0. The first-order valence-electron chi connectivity index (χ1n) is 8.56. The summed E-state index contributed by atoms with van der Waals surface area (Å²) in [7, 11) is 0. The number of hydrogen-bond donors (Lipinski definition) is 4. The van der Waals surface area contributed by atoms with E-state index in [0.29, 0.717) is 27.9 Å². The van der Waals surface area contributed by atoms with Crippen LogP contribution in [0.5, 0.6) is 0 Å². The van der Waals surface area contributed by atoms with Gasteiger partial charge in [-0.15, -0.1) is 0 Å². The van der Waals surface area contributed by atoms with Gasteiger partial charge in [0.2, 0.25) is 0 Å². The van der Waals surface area contributed by atoms with Crippen LogP contribution >= 0.6 is 0 Å². The number of amidine groups is 1. The van der Waals surface area contributed by atoms with Crippen LogP contribution in [0.4, 0.5) is 5.69 Å². The number of nitrogens with two attached hydrogens (primary N) is 1. The minimum absolute atomic E-state index is 0.0517. The van der Waals surface area contributed by atoms with E-state index in [9.17, 15) is 14.7 Å². The maximum atomic E-state index is 12.9. The molecule has 140 valence electrons. The Kier molecular flexibility index (Phi) is 5.22. The van der Waals surface area contributed by atoms with Crippen molar-refractivity contribution in [3.63, 3.8) is 0 Å². The molecule has 0 fully saturated rings. The van der Waals surface area contributed by atoms with E-state index in [1.807, 2.05) is 13.0 Å². The lowest BCUT2D eigenvalue weighted by Gasteiger charge is -2.15. The largest absolute Gasteiger partial charge is 0.478 e. The van der Waals surface area contributed by atoms with Gasteiger partial charge < -0.3 is 16.2 Å². The molecule has 0 aromatic heterocycles. The zero-order chi connectivity index (χ0) is 20.3. The molecule has 0 unspecified atom stereocenters. The molecule has 0 aliphatic rings. The number of nitrogen functional groups attached to an aromatic ring is 1. The van der Waals surface area contributed by atoms with Gasteiger partial charge in [0.05, 0.1) is 5.56 Å². The Labute approximate surface area is 162 Å². The quantitative estimate of drug-likeness (QED) is 0.401. The number of nitrogens with one attached hydrogen (secondary N) is 2. The number of carboxylic acid groups (broad SMARTS) is 1. The summed E-state index contributed by atoms with van der Waals surface area (Å²) in [6.45, 7) is 1.84. The molecule has 0 spiro atoms. The van der Waals surface area contributed by atoms with Crippen molar-refractivity contribution < 1.29 is 14.7 Å². The highest BCUT2D eigenvalue weighted by molar-refractivity contribution is 6.11. The Balaban J connectivity index is 2.02. The third kappa shape index (κ3) is 3.76. The van der Waals surface area contributed by atoms with E-state index in [2.05, 4.69) is 5.32 Å². The van der Waals surface area contributed by atoms with Crippen molar-refractivity contribution in [2.45, 2.75) is 6.92 Å². The molecule has 0 aliphatic heterocycles. The number of carbonyl (C=O) groups is 2. The summed E-state index contributed by atoms with van der Waals surface area (Å²) in [5.74, 6) is -1.45. The molecule has 0 aliphatic carbocycles. The van der Waals surface area contributed by atoms with Gasteiger partial charge in [0, 0.05) is 16.8 Å². The second-order valence-electron chi connectivity index (χ2n) is 6.29. The van der Waals surface area contributed by atoms with Crippen LogP contribution in [0.1, 0.15) is 31.8 Å². The SMILES string of the molecule is Cc1cccc(C(=O)Nc2ccc(C(=N)N)cc2)c1-c1ccccc1C(=O)O. The molecule has 3 aromatic rings. The van der Waals surface area contributed by atoms with Crippen molar-refractivity contribution in [1.82, 2.24) is 0 Å². The van der Waals surface area contributed by atoms with Gasteiger partial charge in [-0.05, 0) is 60.0 Å². The zero-order valence-corrected chi connectivity index (χ0v) is 15.2. The van der Waals surface area contributed by atoms with Crippen molar-refractivity contribution in [2.24, 2.45) is 5.73 Å². The van der Waals surface area contributed by atoms with Crippen LogP contribution in [0.15, 0.2) is 66.7 Å². The lowest BCUT2D eigenvalue weighted by molar-refractivity contribution is 0.0697. The first kappa shape index (κ1) is 18.8. The highest BCUT2D eigenvalue weighted by Crippen LogP contribution is 2.31. The number of amides is 1. The fourth-order valence-corrected chi connectivity index (χ4v) is 3.03. The Hall–Kier alpha value is -3.93. The first-order chi connectivity index (χ1) is 13.4. The van der Waals surface area contributed by atoms with Crippen LogP contribution in [0.3, 0.4) is 0 Å². The fraction of sp³-hybridized carbons (Fsp3) is 0.0455. The fourth-order valence-electron chi connectivity index (χ4n) is 3.03. The monoisotopic (exact) mass is 373 g/mol. The van der Waals surface area contributed by atoms with E-state index in [0.717, 1.165) is 5.56 Å². The van der Waals surface area contributed by atoms with Gasteiger partial charge in [-0.25, -0.2) is 4.79 Å². The molecule has 0 radical (unpaired) electrons. The lowest BCUT2D eigenvalue weighted by Crippen LogP contribution is -2.15. The summed E-state index contributed by atoms with van der Waals surface area (Å²) in [6, 6.07) is 18.5. The summed E-state index contributed by atoms with van der Waals surface area (Å²) in [4.78, 5) is 24.6. The molecule has 0 bridgehead atoms. The number of anilines is 1. The lowest BCUT2D eigenvalue weighted by atomic mass is 9.91.